The predicted molar refractivity (Wildman–Crippen MR) is 111 cm³/mol. The number of benzene rings is 1. The lowest BCUT2D eigenvalue weighted by molar-refractivity contribution is 0.0939. The third-order valence-electron chi connectivity index (χ3n) is 4.90. The standard InChI is InChI=1S/C22H22N6O2/c1-4-19-26-22(30-27-19)17-10-11-23-20(12-17)28-15(3)18(13-24-28)21(29)25-14(2)16-8-6-5-7-9-16/h5-14H,4H2,1-3H3,(H,25,29)/t14-/m1/s1. The van der Waals surface area contributed by atoms with Crippen molar-refractivity contribution >= 4 is 5.91 Å². The van der Waals surface area contributed by atoms with Crippen LogP contribution < -0.4 is 5.32 Å². The molecule has 3 heterocycles. The van der Waals surface area contributed by atoms with E-state index < -0.39 is 0 Å². The highest BCUT2D eigenvalue weighted by molar-refractivity contribution is 5.95. The Balaban J connectivity index is 1.57. The summed E-state index contributed by atoms with van der Waals surface area (Å²) in [5.74, 6) is 1.45. The normalized spacial score (nSPS) is 12.0. The van der Waals surface area contributed by atoms with Crippen LogP contribution in [-0.4, -0.2) is 30.8 Å². The Morgan fingerprint density at radius 3 is 2.77 bits per heavy atom. The Labute approximate surface area is 174 Å². The number of hydrogen-bond acceptors (Lipinski definition) is 6. The van der Waals surface area contributed by atoms with Gasteiger partial charge in [-0.2, -0.15) is 10.1 Å². The molecule has 1 amide bonds. The molecule has 4 aromatic rings. The number of nitrogens with zero attached hydrogens (tertiary/aromatic N) is 5. The van der Waals surface area contributed by atoms with Crippen LogP contribution in [0.1, 0.15) is 47.3 Å². The van der Waals surface area contributed by atoms with Gasteiger partial charge in [0.15, 0.2) is 11.6 Å². The fraction of sp³-hybridized carbons (Fsp3) is 0.227. The van der Waals surface area contributed by atoms with Gasteiger partial charge in [0.25, 0.3) is 11.8 Å². The molecule has 4 rings (SSSR count). The van der Waals surface area contributed by atoms with Gasteiger partial charge in [0.2, 0.25) is 0 Å². The Kier molecular flexibility index (Phi) is 5.38. The van der Waals surface area contributed by atoms with Gasteiger partial charge in [-0.1, -0.05) is 42.4 Å². The summed E-state index contributed by atoms with van der Waals surface area (Å²) >= 11 is 0. The molecule has 0 aliphatic rings. The molecule has 3 aromatic heterocycles. The molecule has 0 aliphatic heterocycles. The average molecular weight is 402 g/mol. The summed E-state index contributed by atoms with van der Waals surface area (Å²) in [6, 6.07) is 13.3. The number of rotatable bonds is 6. The van der Waals surface area contributed by atoms with E-state index in [2.05, 4.69) is 25.5 Å². The van der Waals surface area contributed by atoms with Crippen molar-refractivity contribution < 1.29 is 9.32 Å². The van der Waals surface area contributed by atoms with Gasteiger partial charge in [0.1, 0.15) is 0 Å². The Bertz CT molecular complexity index is 1170. The van der Waals surface area contributed by atoms with Crippen molar-refractivity contribution in [3.8, 4) is 17.3 Å². The molecular weight excluding hydrogens is 380 g/mol. The van der Waals surface area contributed by atoms with Crippen LogP contribution in [0, 0.1) is 6.92 Å². The molecule has 0 fully saturated rings. The van der Waals surface area contributed by atoms with Gasteiger partial charge in [-0.25, -0.2) is 9.67 Å². The number of nitrogens with one attached hydrogen (secondary N) is 1. The molecule has 0 spiro atoms. The van der Waals surface area contributed by atoms with E-state index in [0.717, 1.165) is 11.1 Å². The maximum absolute atomic E-state index is 12.8. The lowest BCUT2D eigenvalue weighted by Crippen LogP contribution is -2.27. The molecule has 8 nitrogen and oxygen atoms in total. The van der Waals surface area contributed by atoms with E-state index in [9.17, 15) is 4.79 Å². The molecule has 0 saturated carbocycles. The zero-order chi connectivity index (χ0) is 21.1. The second-order valence-corrected chi connectivity index (χ2v) is 6.93. The third kappa shape index (κ3) is 3.84. The summed E-state index contributed by atoms with van der Waals surface area (Å²) < 4.78 is 6.94. The lowest BCUT2D eigenvalue weighted by Gasteiger charge is -2.14. The number of amides is 1. The fourth-order valence-electron chi connectivity index (χ4n) is 3.15. The third-order valence-corrected chi connectivity index (χ3v) is 4.90. The van der Waals surface area contributed by atoms with Crippen LogP contribution in [0.3, 0.4) is 0 Å². The number of aryl methyl sites for hydroxylation is 1. The molecule has 0 aliphatic carbocycles. The zero-order valence-electron chi connectivity index (χ0n) is 17.0. The largest absolute Gasteiger partial charge is 0.345 e. The van der Waals surface area contributed by atoms with E-state index >= 15 is 0 Å². The van der Waals surface area contributed by atoms with Crippen LogP contribution in [0.25, 0.3) is 17.3 Å². The first-order valence-corrected chi connectivity index (χ1v) is 9.76. The Morgan fingerprint density at radius 1 is 1.23 bits per heavy atom. The molecule has 0 saturated heterocycles. The van der Waals surface area contributed by atoms with Gasteiger partial charge in [0, 0.05) is 18.2 Å². The summed E-state index contributed by atoms with van der Waals surface area (Å²) in [5, 5.41) is 11.3. The van der Waals surface area contributed by atoms with Gasteiger partial charge in [0.05, 0.1) is 23.5 Å². The van der Waals surface area contributed by atoms with Crippen molar-refractivity contribution in [2.24, 2.45) is 0 Å². The topological polar surface area (TPSA) is 98.7 Å². The molecule has 0 unspecified atom stereocenters. The van der Waals surface area contributed by atoms with Gasteiger partial charge < -0.3 is 9.84 Å². The van der Waals surface area contributed by atoms with E-state index in [1.807, 2.05) is 51.1 Å². The molecule has 8 heteroatoms. The minimum absolute atomic E-state index is 0.117. The molecule has 1 N–H and O–H groups in total. The van der Waals surface area contributed by atoms with E-state index in [-0.39, 0.29) is 11.9 Å². The predicted octanol–water partition coefficient (Wildman–Crippen LogP) is 3.68. The van der Waals surface area contributed by atoms with E-state index in [0.29, 0.717) is 35.2 Å². The van der Waals surface area contributed by atoms with Crippen molar-refractivity contribution in [1.29, 1.82) is 0 Å². The fourth-order valence-corrected chi connectivity index (χ4v) is 3.15. The van der Waals surface area contributed by atoms with E-state index in [1.165, 1.54) is 0 Å². The van der Waals surface area contributed by atoms with E-state index in [4.69, 9.17) is 4.52 Å². The minimum atomic E-state index is -0.184. The molecule has 0 radical (unpaired) electrons. The van der Waals surface area contributed by atoms with Crippen LogP contribution in [-0.2, 0) is 6.42 Å². The number of aromatic nitrogens is 5. The van der Waals surface area contributed by atoms with Gasteiger partial charge in [-0.05, 0) is 31.5 Å². The highest BCUT2D eigenvalue weighted by Gasteiger charge is 2.19. The van der Waals surface area contributed by atoms with Crippen LogP contribution in [0.2, 0.25) is 0 Å². The minimum Gasteiger partial charge on any atom is -0.345 e. The molecule has 152 valence electrons. The van der Waals surface area contributed by atoms with Crippen molar-refractivity contribution in [3.05, 3.63) is 77.5 Å². The SMILES string of the molecule is CCc1noc(-c2ccnc(-n3ncc(C(=O)N[C@H](C)c4ccccc4)c3C)c2)n1. The van der Waals surface area contributed by atoms with Crippen LogP contribution in [0.5, 0.6) is 0 Å². The van der Waals surface area contributed by atoms with Gasteiger partial charge in [-0.3, -0.25) is 4.79 Å². The van der Waals surface area contributed by atoms with Crippen molar-refractivity contribution in [1.82, 2.24) is 30.2 Å². The first-order chi connectivity index (χ1) is 14.6. The molecule has 1 atom stereocenters. The molecule has 1 aromatic carbocycles. The summed E-state index contributed by atoms with van der Waals surface area (Å²) in [7, 11) is 0. The van der Waals surface area contributed by atoms with Crippen molar-refractivity contribution in [2.45, 2.75) is 33.2 Å². The number of pyridine rings is 1. The molecular formula is C22H22N6O2. The maximum Gasteiger partial charge on any atom is 0.258 e. The summed E-state index contributed by atoms with van der Waals surface area (Å²) in [5.41, 5.74) is 2.97. The first-order valence-electron chi connectivity index (χ1n) is 9.76. The summed E-state index contributed by atoms with van der Waals surface area (Å²) in [4.78, 5) is 21.5. The van der Waals surface area contributed by atoms with Crippen LogP contribution in [0.15, 0.2) is 59.4 Å². The first kappa shape index (κ1) is 19.5. The van der Waals surface area contributed by atoms with Crippen LogP contribution >= 0.6 is 0 Å². The van der Waals surface area contributed by atoms with Crippen molar-refractivity contribution in [3.63, 3.8) is 0 Å². The number of carbonyl (C=O) groups excluding carboxylic acids is 1. The highest BCUT2D eigenvalue weighted by Crippen LogP contribution is 2.21. The second-order valence-electron chi connectivity index (χ2n) is 6.93. The Hall–Kier alpha value is -3.81. The number of hydrogen-bond donors (Lipinski definition) is 1. The second kappa shape index (κ2) is 8.28. The van der Waals surface area contributed by atoms with E-state index in [1.54, 1.807) is 29.2 Å². The maximum atomic E-state index is 12.8. The summed E-state index contributed by atoms with van der Waals surface area (Å²) in [6.07, 6.45) is 3.90. The molecule has 30 heavy (non-hydrogen) atoms. The zero-order valence-corrected chi connectivity index (χ0v) is 17.0. The van der Waals surface area contributed by atoms with Crippen LogP contribution in [0.4, 0.5) is 0 Å². The highest BCUT2D eigenvalue weighted by atomic mass is 16.5. The monoisotopic (exact) mass is 402 g/mol. The van der Waals surface area contributed by atoms with Gasteiger partial charge in [-0.15, -0.1) is 0 Å². The summed E-state index contributed by atoms with van der Waals surface area (Å²) in [6.45, 7) is 5.75. The quantitative estimate of drug-likeness (QED) is 0.528. The Morgan fingerprint density at radius 2 is 2.03 bits per heavy atom. The average Bonchev–Trinajstić information content (AvgIpc) is 3.41. The lowest BCUT2D eigenvalue weighted by atomic mass is 10.1. The van der Waals surface area contributed by atoms with Crippen molar-refractivity contribution in [2.75, 3.05) is 0 Å². The number of carbonyl (C=O) groups is 1. The smallest absolute Gasteiger partial charge is 0.258 e. The van der Waals surface area contributed by atoms with Gasteiger partial charge >= 0.3 is 0 Å². The molecule has 0 bridgehead atoms.